The lowest BCUT2D eigenvalue weighted by molar-refractivity contribution is 0.330. The minimum absolute atomic E-state index is 0.690. The SMILES string of the molecule is CCC1CCC(Nc2ccc(N3CCCC3)cc2)CC1. The Labute approximate surface area is 123 Å². The zero-order valence-corrected chi connectivity index (χ0v) is 12.8. The van der Waals surface area contributed by atoms with E-state index in [4.69, 9.17) is 0 Å². The summed E-state index contributed by atoms with van der Waals surface area (Å²) in [5.74, 6) is 0.977. The lowest BCUT2D eigenvalue weighted by atomic mass is 9.84. The molecule has 2 aliphatic rings. The highest BCUT2D eigenvalue weighted by Gasteiger charge is 2.19. The van der Waals surface area contributed by atoms with Gasteiger partial charge in [0.05, 0.1) is 0 Å². The van der Waals surface area contributed by atoms with Crippen LogP contribution in [-0.2, 0) is 0 Å². The average Bonchev–Trinajstić information content (AvgIpc) is 3.03. The van der Waals surface area contributed by atoms with Crippen LogP contribution < -0.4 is 10.2 Å². The van der Waals surface area contributed by atoms with Gasteiger partial charge in [-0.3, -0.25) is 0 Å². The predicted octanol–water partition coefficient (Wildman–Crippen LogP) is 4.67. The van der Waals surface area contributed by atoms with Crippen molar-refractivity contribution in [3.63, 3.8) is 0 Å². The van der Waals surface area contributed by atoms with Crippen molar-refractivity contribution in [3.05, 3.63) is 24.3 Å². The van der Waals surface area contributed by atoms with E-state index in [-0.39, 0.29) is 0 Å². The van der Waals surface area contributed by atoms with Crippen LogP contribution in [0.25, 0.3) is 0 Å². The summed E-state index contributed by atoms with van der Waals surface area (Å²) in [5.41, 5.74) is 2.69. The zero-order valence-electron chi connectivity index (χ0n) is 12.8. The Kier molecular flexibility index (Phi) is 4.49. The summed E-state index contributed by atoms with van der Waals surface area (Å²) in [6.07, 6.45) is 9.54. The van der Waals surface area contributed by atoms with E-state index in [1.807, 2.05) is 0 Å². The molecule has 2 nitrogen and oxygen atoms in total. The number of anilines is 2. The van der Waals surface area contributed by atoms with Crippen molar-refractivity contribution in [3.8, 4) is 0 Å². The molecule has 1 heterocycles. The second kappa shape index (κ2) is 6.51. The Balaban J connectivity index is 1.53. The summed E-state index contributed by atoms with van der Waals surface area (Å²) in [5, 5.41) is 3.72. The van der Waals surface area contributed by atoms with Crippen molar-refractivity contribution in [1.29, 1.82) is 0 Å². The first kappa shape index (κ1) is 13.8. The summed E-state index contributed by atoms with van der Waals surface area (Å²) >= 11 is 0. The molecular formula is C18H28N2. The smallest absolute Gasteiger partial charge is 0.0367 e. The maximum Gasteiger partial charge on any atom is 0.0367 e. The van der Waals surface area contributed by atoms with Gasteiger partial charge >= 0.3 is 0 Å². The van der Waals surface area contributed by atoms with Crippen LogP contribution in [0.15, 0.2) is 24.3 Å². The van der Waals surface area contributed by atoms with Crippen molar-refractivity contribution in [2.45, 2.75) is 57.9 Å². The summed E-state index contributed by atoms with van der Waals surface area (Å²) in [4.78, 5) is 2.50. The van der Waals surface area contributed by atoms with E-state index in [1.54, 1.807) is 0 Å². The molecular weight excluding hydrogens is 244 g/mol. The minimum Gasteiger partial charge on any atom is -0.382 e. The highest BCUT2D eigenvalue weighted by molar-refractivity contribution is 5.55. The Morgan fingerprint density at radius 2 is 1.65 bits per heavy atom. The monoisotopic (exact) mass is 272 g/mol. The van der Waals surface area contributed by atoms with Crippen LogP contribution in [0.4, 0.5) is 11.4 Å². The second-order valence-electron chi connectivity index (χ2n) is 6.51. The molecule has 110 valence electrons. The van der Waals surface area contributed by atoms with Gasteiger partial charge in [-0.05, 0) is 68.7 Å². The molecule has 1 saturated heterocycles. The Hall–Kier alpha value is -1.18. The van der Waals surface area contributed by atoms with Gasteiger partial charge in [0.1, 0.15) is 0 Å². The topological polar surface area (TPSA) is 15.3 Å². The Morgan fingerprint density at radius 1 is 1.00 bits per heavy atom. The van der Waals surface area contributed by atoms with Gasteiger partial charge in [0.25, 0.3) is 0 Å². The number of nitrogens with one attached hydrogen (secondary N) is 1. The first-order chi connectivity index (χ1) is 9.85. The zero-order chi connectivity index (χ0) is 13.8. The average molecular weight is 272 g/mol. The van der Waals surface area contributed by atoms with Gasteiger partial charge in [-0.1, -0.05) is 13.3 Å². The van der Waals surface area contributed by atoms with Crippen LogP contribution in [0, 0.1) is 5.92 Å². The Bertz CT molecular complexity index is 398. The van der Waals surface area contributed by atoms with Gasteiger partial charge in [-0.25, -0.2) is 0 Å². The molecule has 0 bridgehead atoms. The molecule has 0 atom stereocenters. The van der Waals surface area contributed by atoms with Crippen molar-refractivity contribution in [2.24, 2.45) is 5.92 Å². The molecule has 20 heavy (non-hydrogen) atoms. The van der Waals surface area contributed by atoms with Gasteiger partial charge in [-0.15, -0.1) is 0 Å². The van der Waals surface area contributed by atoms with Crippen molar-refractivity contribution >= 4 is 11.4 Å². The summed E-state index contributed by atoms with van der Waals surface area (Å²) in [6, 6.07) is 9.78. The third-order valence-corrected chi connectivity index (χ3v) is 5.13. The lowest BCUT2D eigenvalue weighted by Gasteiger charge is -2.29. The van der Waals surface area contributed by atoms with E-state index in [1.165, 1.54) is 69.4 Å². The summed E-state index contributed by atoms with van der Waals surface area (Å²) in [6.45, 7) is 4.79. The van der Waals surface area contributed by atoms with Crippen LogP contribution in [0.1, 0.15) is 51.9 Å². The molecule has 1 aromatic rings. The van der Waals surface area contributed by atoms with Crippen LogP contribution >= 0.6 is 0 Å². The molecule has 2 heteroatoms. The number of nitrogens with zero attached hydrogens (tertiary/aromatic N) is 1. The summed E-state index contributed by atoms with van der Waals surface area (Å²) in [7, 11) is 0. The summed E-state index contributed by atoms with van der Waals surface area (Å²) < 4.78 is 0. The fourth-order valence-electron chi connectivity index (χ4n) is 3.69. The van der Waals surface area contributed by atoms with Gasteiger partial charge < -0.3 is 10.2 Å². The van der Waals surface area contributed by atoms with E-state index in [0.717, 1.165) is 5.92 Å². The maximum atomic E-state index is 3.72. The number of hydrogen-bond donors (Lipinski definition) is 1. The standard InChI is InChI=1S/C18H28N2/c1-2-15-5-7-16(8-6-15)19-17-9-11-18(12-10-17)20-13-3-4-14-20/h9-12,15-16,19H,2-8,13-14H2,1H3. The van der Waals surface area contributed by atoms with Crippen molar-refractivity contribution < 1.29 is 0 Å². The molecule has 0 spiro atoms. The first-order valence-electron chi connectivity index (χ1n) is 8.46. The van der Waals surface area contributed by atoms with E-state index in [2.05, 4.69) is 41.4 Å². The molecule has 1 aromatic carbocycles. The Morgan fingerprint density at radius 3 is 2.25 bits per heavy atom. The largest absolute Gasteiger partial charge is 0.382 e. The van der Waals surface area contributed by atoms with Gasteiger partial charge in [0.15, 0.2) is 0 Å². The highest BCUT2D eigenvalue weighted by Crippen LogP contribution is 2.29. The van der Waals surface area contributed by atoms with Crippen LogP contribution in [-0.4, -0.2) is 19.1 Å². The predicted molar refractivity (Wildman–Crippen MR) is 87.5 cm³/mol. The van der Waals surface area contributed by atoms with Gasteiger partial charge in [0, 0.05) is 30.5 Å². The van der Waals surface area contributed by atoms with Crippen LogP contribution in [0.5, 0.6) is 0 Å². The van der Waals surface area contributed by atoms with Crippen molar-refractivity contribution in [1.82, 2.24) is 0 Å². The van der Waals surface area contributed by atoms with Gasteiger partial charge in [-0.2, -0.15) is 0 Å². The fourth-order valence-corrected chi connectivity index (χ4v) is 3.69. The van der Waals surface area contributed by atoms with Crippen LogP contribution in [0.2, 0.25) is 0 Å². The van der Waals surface area contributed by atoms with E-state index in [9.17, 15) is 0 Å². The normalized spacial score (nSPS) is 26.8. The second-order valence-corrected chi connectivity index (χ2v) is 6.51. The highest BCUT2D eigenvalue weighted by atomic mass is 15.1. The number of rotatable bonds is 4. The molecule has 1 N–H and O–H groups in total. The molecule has 1 aliphatic carbocycles. The molecule has 0 amide bonds. The quantitative estimate of drug-likeness (QED) is 0.857. The number of benzene rings is 1. The molecule has 0 unspecified atom stereocenters. The first-order valence-corrected chi connectivity index (χ1v) is 8.46. The van der Waals surface area contributed by atoms with E-state index < -0.39 is 0 Å². The van der Waals surface area contributed by atoms with Gasteiger partial charge in [0.2, 0.25) is 0 Å². The molecule has 3 rings (SSSR count). The third-order valence-electron chi connectivity index (χ3n) is 5.13. The fraction of sp³-hybridized carbons (Fsp3) is 0.667. The van der Waals surface area contributed by atoms with Crippen molar-refractivity contribution in [2.75, 3.05) is 23.3 Å². The van der Waals surface area contributed by atoms with E-state index in [0.29, 0.717) is 6.04 Å². The third kappa shape index (κ3) is 3.28. The minimum atomic E-state index is 0.690. The molecule has 0 radical (unpaired) electrons. The molecule has 1 aliphatic heterocycles. The molecule has 2 fully saturated rings. The number of hydrogen-bond acceptors (Lipinski definition) is 2. The van der Waals surface area contributed by atoms with E-state index >= 15 is 0 Å². The molecule has 1 saturated carbocycles. The maximum absolute atomic E-state index is 3.72. The van der Waals surface area contributed by atoms with Crippen LogP contribution in [0.3, 0.4) is 0 Å². The molecule has 0 aromatic heterocycles. The lowest BCUT2D eigenvalue weighted by Crippen LogP contribution is -2.25.